The normalized spacial score (nSPS) is 13.5. The fourth-order valence-corrected chi connectivity index (χ4v) is 1.56. The van der Waals surface area contributed by atoms with E-state index in [0.717, 1.165) is 6.07 Å². The van der Waals surface area contributed by atoms with Gasteiger partial charge in [0.25, 0.3) is 0 Å². The van der Waals surface area contributed by atoms with Crippen LogP contribution in [0.25, 0.3) is 0 Å². The van der Waals surface area contributed by atoms with Crippen molar-refractivity contribution in [2.24, 2.45) is 0 Å². The number of halogens is 5. The molecule has 0 aliphatic carbocycles. The van der Waals surface area contributed by atoms with Crippen molar-refractivity contribution in [1.82, 2.24) is 0 Å². The maximum atomic E-state index is 12.6. The molecule has 17 heavy (non-hydrogen) atoms. The van der Waals surface area contributed by atoms with Gasteiger partial charge in [0, 0.05) is 6.54 Å². The fraction of sp³-hybridized carbons (Fsp3) is 0.400. The summed E-state index contributed by atoms with van der Waals surface area (Å²) < 4.78 is 37.9. The molecular weight excluding hydrogens is 278 g/mol. The molecule has 0 saturated carbocycles. The molecule has 0 fully saturated rings. The van der Waals surface area contributed by atoms with E-state index >= 15 is 0 Å². The van der Waals surface area contributed by atoms with E-state index in [0.29, 0.717) is 0 Å². The predicted octanol–water partition coefficient (Wildman–Crippen LogP) is 3.37. The lowest BCUT2D eigenvalue weighted by molar-refractivity contribution is -0.137. The van der Waals surface area contributed by atoms with Crippen LogP contribution in [0.2, 0.25) is 5.02 Å². The van der Waals surface area contributed by atoms with Gasteiger partial charge in [-0.1, -0.05) is 17.7 Å². The Hall–Kier alpha value is -0.650. The largest absolute Gasteiger partial charge is 0.418 e. The summed E-state index contributed by atoms with van der Waals surface area (Å²) >= 11 is 11.0. The SMILES string of the molecule is OC(CCl)CNc1c(Cl)cccc1C(F)(F)F. The number of hydrogen-bond acceptors (Lipinski definition) is 2. The molecule has 1 rings (SSSR count). The summed E-state index contributed by atoms with van der Waals surface area (Å²) in [5.74, 6) is -0.0706. The minimum atomic E-state index is -4.50. The Morgan fingerprint density at radius 2 is 2.00 bits per heavy atom. The van der Waals surface area contributed by atoms with Crippen molar-refractivity contribution in [3.63, 3.8) is 0 Å². The van der Waals surface area contributed by atoms with Gasteiger partial charge in [0.15, 0.2) is 0 Å². The number of rotatable bonds is 4. The lowest BCUT2D eigenvalue weighted by Gasteiger charge is -2.17. The van der Waals surface area contributed by atoms with Crippen molar-refractivity contribution >= 4 is 28.9 Å². The summed E-state index contributed by atoms with van der Waals surface area (Å²) in [4.78, 5) is 0. The third-order valence-electron chi connectivity index (χ3n) is 2.01. The first-order valence-electron chi connectivity index (χ1n) is 4.70. The van der Waals surface area contributed by atoms with Gasteiger partial charge in [0.1, 0.15) is 0 Å². The van der Waals surface area contributed by atoms with Gasteiger partial charge < -0.3 is 10.4 Å². The maximum absolute atomic E-state index is 12.6. The quantitative estimate of drug-likeness (QED) is 0.833. The molecule has 0 heterocycles. The number of para-hydroxylation sites is 1. The first-order valence-corrected chi connectivity index (χ1v) is 5.61. The Morgan fingerprint density at radius 1 is 1.35 bits per heavy atom. The van der Waals surface area contributed by atoms with Crippen LogP contribution >= 0.6 is 23.2 Å². The van der Waals surface area contributed by atoms with Crippen LogP contribution < -0.4 is 5.32 Å². The molecule has 1 aromatic carbocycles. The Labute approximate surface area is 106 Å². The zero-order chi connectivity index (χ0) is 13.1. The van der Waals surface area contributed by atoms with Crippen LogP contribution in [-0.2, 0) is 6.18 Å². The van der Waals surface area contributed by atoms with Gasteiger partial charge in [0.2, 0.25) is 0 Å². The highest BCUT2D eigenvalue weighted by atomic mass is 35.5. The zero-order valence-corrected chi connectivity index (χ0v) is 10.1. The fourth-order valence-electron chi connectivity index (χ4n) is 1.21. The third-order valence-corrected chi connectivity index (χ3v) is 2.68. The molecular formula is C10H10Cl2F3NO. The molecule has 0 aliphatic rings. The Kier molecular flexibility index (Phi) is 4.91. The standard InChI is InChI=1S/C10H10Cl2F3NO/c11-4-6(17)5-16-9-7(10(13,14)15)2-1-3-8(9)12/h1-3,6,16-17H,4-5H2. The number of aliphatic hydroxyl groups is 1. The van der Waals surface area contributed by atoms with E-state index in [2.05, 4.69) is 5.32 Å². The molecule has 7 heteroatoms. The van der Waals surface area contributed by atoms with Crippen molar-refractivity contribution < 1.29 is 18.3 Å². The molecule has 2 N–H and O–H groups in total. The van der Waals surface area contributed by atoms with Gasteiger partial charge in [0.05, 0.1) is 28.3 Å². The minimum Gasteiger partial charge on any atom is -0.390 e. The highest BCUT2D eigenvalue weighted by Crippen LogP contribution is 2.38. The predicted molar refractivity (Wildman–Crippen MR) is 61.7 cm³/mol. The summed E-state index contributed by atoms with van der Waals surface area (Å²) in [6.07, 6.45) is -5.44. The van der Waals surface area contributed by atoms with E-state index in [-0.39, 0.29) is 23.1 Å². The monoisotopic (exact) mass is 287 g/mol. The van der Waals surface area contributed by atoms with Gasteiger partial charge in [-0.25, -0.2) is 0 Å². The van der Waals surface area contributed by atoms with Gasteiger partial charge in [-0.05, 0) is 12.1 Å². The summed E-state index contributed by atoms with van der Waals surface area (Å²) in [5.41, 5.74) is -1.11. The van der Waals surface area contributed by atoms with Crippen LogP contribution in [0, 0.1) is 0 Å². The Bertz CT molecular complexity index is 384. The Morgan fingerprint density at radius 3 is 2.53 bits per heavy atom. The number of anilines is 1. The van der Waals surface area contributed by atoms with E-state index < -0.39 is 17.8 Å². The van der Waals surface area contributed by atoms with E-state index in [1.165, 1.54) is 12.1 Å². The van der Waals surface area contributed by atoms with Crippen LogP contribution in [0.3, 0.4) is 0 Å². The number of alkyl halides is 4. The molecule has 0 aromatic heterocycles. The highest BCUT2D eigenvalue weighted by molar-refractivity contribution is 6.33. The zero-order valence-electron chi connectivity index (χ0n) is 8.56. The number of aliphatic hydroxyl groups excluding tert-OH is 1. The molecule has 0 aliphatic heterocycles. The molecule has 2 nitrogen and oxygen atoms in total. The average molecular weight is 288 g/mol. The van der Waals surface area contributed by atoms with Crippen LogP contribution in [0.1, 0.15) is 5.56 Å². The van der Waals surface area contributed by atoms with Crippen LogP contribution in [-0.4, -0.2) is 23.6 Å². The van der Waals surface area contributed by atoms with Gasteiger partial charge in [-0.15, -0.1) is 11.6 Å². The summed E-state index contributed by atoms with van der Waals surface area (Å²) in [5, 5.41) is 11.6. The number of hydrogen-bond donors (Lipinski definition) is 2. The molecule has 0 radical (unpaired) electrons. The van der Waals surface area contributed by atoms with E-state index in [9.17, 15) is 18.3 Å². The van der Waals surface area contributed by atoms with E-state index in [1.807, 2.05) is 0 Å². The maximum Gasteiger partial charge on any atom is 0.418 e. The second-order valence-electron chi connectivity index (χ2n) is 3.35. The lowest BCUT2D eigenvalue weighted by atomic mass is 10.1. The number of nitrogens with one attached hydrogen (secondary N) is 1. The van der Waals surface area contributed by atoms with Crippen molar-refractivity contribution in [3.8, 4) is 0 Å². The first-order chi connectivity index (χ1) is 7.86. The molecule has 96 valence electrons. The summed E-state index contributed by atoms with van der Waals surface area (Å²) in [6.45, 7) is -0.101. The van der Waals surface area contributed by atoms with Gasteiger partial charge in [-0.2, -0.15) is 13.2 Å². The molecule has 0 spiro atoms. The smallest absolute Gasteiger partial charge is 0.390 e. The minimum absolute atomic E-state index is 0.0541. The highest BCUT2D eigenvalue weighted by Gasteiger charge is 2.34. The molecule has 1 atom stereocenters. The molecule has 0 amide bonds. The van der Waals surface area contributed by atoms with Crippen LogP contribution in [0.5, 0.6) is 0 Å². The molecule has 1 unspecified atom stereocenters. The Balaban J connectivity index is 2.96. The second-order valence-corrected chi connectivity index (χ2v) is 4.06. The van der Waals surface area contributed by atoms with Crippen molar-refractivity contribution in [1.29, 1.82) is 0 Å². The van der Waals surface area contributed by atoms with E-state index in [4.69, 9.17) is 23.2 Å². The van der Waals surface area contributed by atoms with Gasteiger partial charge >= 0.3 is 6.18 Å². The molecule has 0 bridgehead atoms. The first kappa shape index (κ1) is 14.4. The summed E-state index contributed by atoms with van der Waals surface area (Å²) in [7, 11) is 0. The topological polar surface area (TPSA) is 32.3 Å². The van der Waals surface area contributed by atoms with Crippen LogP contribution in [0.4, 0.5) is 18.9 Å². The third kappa shape index (κ3) is 3.94. The molecule has 1 aromatic rings. The summed E-state index contributed by atoms with van der Waals surface area (Å²) in [6, 6.07) is 3.47. The van der Waals surface area contributed by atoms with Crippen molar-refractivity contribution in [2.45, 2.75) is 12.3 Å². The van der Waals surface area contributed by atoms with Gasteiger partial charge in [-0.3, -0.25) is 0 Å². The van der Waals surface area contributed by atoms with Crippen molar-refractivity contribution in [2.75, 3.05) is 17.7 Å². The second kappa shape index (κ2) is 5.80. The number of benzene rings is 1. The van der Waals surface area contributed by atoms with Crippen molar-refractivity contribution in [3.05, 3.63) is 28.8 Å². The molecule has 0 saturated heterocycles. The van der Waals surface area contributed by atoms with Crippen LogP contribution in [0.15, 0.2) is 18.2 Å². The van der Waals surface area contributed by atoms with E-state index in [1.54, 1.807) is 0 Å². The average Bonchev–Trinajstić information content (AvgIpc) is 2.25. The lowest BCUT2D eigenvalue weighted by Crippen LogP contribution is -2.22.